The van der Waals surface area contributed by atoms with E-state index in [0.717, 1.165) is 28.1 Å². The Hall–Kier alpha value is -1.80. The summed E-state index contributed by atoms with van der Waals surface area (Å²) < 4.78 is 24.9. The molecular weight excluding hydrogens is 399 g/mol. The summed E-state index contributed by atoms with van der Waals surface area (Å²) in [6.45, 7) is 3.95. The molecule has 28 heavy (non-hydrogen) atoms. The van der Waals surface area contributed by atoms with Crippen LogP contribution in [0.25, 0.3) is 11.1 Å². The molecule has 0 bridgehead atoms. The fourth-order valence-electron chi connectivity index (χ4n) is 3.25. The molecule has 2 aromatic carbocycles. The third kappa shape index (κ3) is 4.12. The molecule has 4 nitrogen and oxygen atoms in total. The zero-order valence-corrected chi connectivity index (χ0v) is 17.7. The van der Waals surface area contributed by atoms with E-state index in [9.17, 15) is 9.18 Å². The summed E-state index contributed by atoms with van der Waals surface area (Å²) in [6.07, 6.45) is 2.22. The molecule has 3 rings (SSSR count). The van der Waals surface area contributed by atoms with E-state index in [4.69, 9.17) is 9.07 Å². The lowest BCUT2D eigenvalue weighted by atomic mass is 9.91. The van der Waals surface area contributed by atoms with Gasteiger partial charge in [-0.25, -0.2) is 14.1 Å². The topological polar surface area (TPSA) is 44.8 Å². The molecule has 0 fully saturated rings. The first-order valence-electron chi connectivity index (χ1n) is 8.77. The third-order valence-electron chi connectivity index (χ3n) is 4.53. The first-order valence-corrected chi connectivity index (χ1v) is 10.7. The van der Waals surface area contributed by atoms with Gasteiger partial charge in [-0.05, 0) is 54.5 Å². The molecule has 1 atom stereocenters. The normalized spacial score (nSPS) is 16.6. The van der Waals surface area contributed by atoms with Crippen LogP contribution in [0.5, 0.6) is 0 Å². The summed E-state index contributed by atoms with van der Waals surface area (Å²) in [6, 6.07) is 10.7. The molecule has 0 radical (unpaired) electrons. The minimum atomic E-state index is -0.450. The van der Waals surface area contributed by atoms with Crippen molar-refractivity contribution in [2.75, 3.05) is 13.4 Å². The summed E-state index contributed by atoms with van der Waals surface area (Å²) in [5.41, 5.74) is 3.70. The molecule has 1 unspecified atom stereocenters. The van der Waals surface area contributed by atoms with Gasteiger partial charge in [0, 0.05) is 10.5 Å². The van der Waals surface area contributed by atoms with Crippen molar-refractivity contribution in [3.05, 3.63) is 58.9 Å². The molecule has 1 heterocycles. The van der Waals surface area contributed by atoms with Crippen molar-refractivity contribution in [1.29, 1.82) is 0 Å². The average Bonchev–Trinajstić information content (AvgIpc) is 3.03. The van der Waals surface area contributed by atoms with E-state index < -0.39 is 11.9 Å². The molecule has 0 N–H and O–H groups in total. The summed E-state index contributed by atoms with van der Waals surface area (Å²) >= 11 is 2.45. The van der Waals surface area contributed by atoms with Crippen LogP contribution in [0.3, 0.4) is 0 Å². The van der Waals surface area contributed by atoms with Crippen LogP contribution in [0.4, 0.5) is 4.39 Å². The number of hydrogen-bond acceptors (Lipinski definition) is 6. The van der Waals surface area contributed by atoms with Gasteiger partial charge < -0.3 is 4.74 Å². The minimum Gasteiger partial charge on any atom is -0.454 e. The van der Waals surface area contributed by atoms with Gasteiger partial charge in [0.25, 0.3) is 0 Å². The van der Waals surface area contributed by atoms with Crippen LogP contribution in [-0.4, -0.2) is 25.4 Å². The number of esters is 1. The highest BCUT2D eigenvalue weighted by Crippen LogP contribution is 2.40. The highest BCUT2D eigenvalue weighted by Gasteiger charge is 2.35. The molecule has 0 aliphatic carbocycles. The SMILES string of the molecule is CCC1OC(=O)C(c2ccc(SC)c(C)c2)=C1c1ccc(SOOC)c(F)c1. The Labute approximate surface area is 172 Å². The highest BCUT2D eigenvalue weighted by molar-refractivity contribution is 7.98. The Bertz CT molecular complexity index is 927. The fourth-order valence-corrected chi connectivity index (χ4v) is 4.24. The van der Waals surface area contributed by atoms with E-state index >= 15 is 0 Å². The summed E-state index contributed by atoms with van der Waals surface area (Å²) in [5, 5.41) is 0. The second-order valence-electron chi connectivity index (χ2n) is 6.24. The van der Waals surface area contributed by atoms with Crippen LogP contribution in [-0.2, 0) is 18.8 Å². The van der Waals surface area contributed by atoms with Gasteiger partial charge >= 0.3 is 5.97 Å². The Morgan fingerprint density at radius 3 is 2.46 bits per heavy atom. The van der Waals surface area contributed by atoms with Crippen molar-refractivity contribution in [2.45, 2.75) is 36.2 Å². The smallest absolute Gasteiger partial charge is 0.339 e. The molecule has 148 valence electrons. The minimum absolute atomic E-state index is 0.297. The average molecular weight is 421 g/mol. The number of aryl methyl sites for hydroxylation is 1. The zero-order valence-electron chi connectivity index (χ0n) is 16.1. The van der Waals surface area contributed by atoms with Gasteiger partial charge in [-0.2, -0.15) is 4.33 Å². The quantitative estimate of drug-likeness (QED) is 0.189. The van der Waals surface area contributed by atoms with E-state index in [0.29, 0.717) is 28.0 Å². The van der Waals surface area contributed by atoms with Gasteiger partial charge in [-0.3, -0.25) is 0 Å². The first kappa shape index (κ1) is 20.9. The highest BCUT2D eigenvalue weighted by atomic mass is 32.2. The van der Waals surface area contributed by atoms with Crippen molar-refractivity contribution < 1.29 is 23.1 Å². The fraction of sp³-hybridized carbons (Fsp3) is 0.286. The van der Waals surface area contributed by atoms with Crippen LogP contribution in [0.15, 0.2) is 46.2 Å². The number of cyclic esters (lactones) is 1. The lowest BCUT2D eigenvalue weighted by molar-refractivity contribution is -0.160. The molecule has 7 heteroatoms. The molecule has 0 saturated heterocycles. The second-order valence-corrected chi connectivity index (χ2v) is 7.83. The van der Waals surface area contributed by atoms with Crippen LogP contribution in [0, 0.1) is 12.7 Å². The Kier molecular flexibility index (Phi) is 6.82. The monoisotopic (exact) mass is 420 g/mol. The number of hydrogen-bond donors (Lipinski definition) is 0. The number of carbonyl (C=O) groups excluding carboxylic acids is 1. The zero-order chi connectivity index (χ0) is 20.3. The van der Waals surface area contributed by atoms with Gasteiger partial charge in [-0.1, -0.05) is 25.1 Å². The number of carbonyl (C=O) groups is 1. The maximum Gasteiger partial charge on any atom is 0.339 e. The lowest BCUT2D eigenvalue weighted by Crippen LogP contribution is -2.09. The van der Waals surface area contributed by atoms with Crippen LogP contribution in [0.1, 0.15) is 30.0 Å². The number of benzene rings is 2. The lowest BCUT2D eigenvalue weighted by Gasteiger charge is -2.13. The maximum absolute atomic E-state index is 14.5. The Morgan fingerprint density at radius 2 is 1.86 bits per heavy atom. The summed E-state index contributed by atoms with van der Waals surface area (Å²) in [7, 11) is 1.36. The van der Waals surface area contributed by atoms with Gasteiger partial charge in [0.2, 0.25) is 0 Å². The third-order valence-corrected chi connectivity index (χ3v) is 6.15. The molecule has 1 aliphatic heterocycles. The van der Waals surface area contributed by atoms with Crippen molar-refractivity contribution in [2.24, 2.45) is 0 Å². The van der Waals surface area contributed by atoms with Gasteiger partial charge in [0.15, 0.2) is 0 Å². The summed E-state index contributed by atoms with van der Waals surface area (Å²) in [5.74, 6) is -0.825. The molecule has 0 amide bonds. The van der Waals surface area contributed by atoms with Crippen molar-refractivity contribution in [1.82, 2.24) is 0 Å². The first-order chi connectivity index (χ1) is 13.5. The van der Waals surface area contributed by atoms with E-state index in [1.807, 2.05) is 38.3 Å². The molecule has 1 aliphatic rings. The van der Waals surface area contributed by atoms with Crippen LogP contribution in [0.2, 0.25) is 0 Å². The summed E-state index contributed by atoms with van der Waals surface area (Å²) in [4.78, 5) is 18.6. The predicted octanol–water partition coefficient (Wildman–Crippen LogP) is 5.69. The van der Waals surface area contributed by atoms with E-state index in [1.165, 1.54) is 13.2 Å². The molecule has 2 aromatic rings. The van der Waals surface area contributed by atoms with Crippen LogP contribution < -0.4 is 0 Å². The van der Waals surface area contributed by atoms with Gasteiger partial charge in [0.05, 0.1) is 29.6 Å². The standard InChI is InChI=1S/C21H21FO4S2/c1-5-16-19(14-7-9-18(15(22)11-14)28-26-24-3)20(21(23)25-16)13-6-8-17(27-4)12(2)10-13/h6-11,16H,5H2,1-4H3. The number of ether oxygens (including phenoxy) is 1. The van der Waals surface area contributed by atoms with Gasteiger partial charge in [-0.15, -0.1) is 11.8 Å². The number of thioether (sulfide) groups is 1. The number of rotatable bonds is 7. The Morgan fingerprint density at radius 1 is 1.14 bits per heavy atom. The molecular formula is C21H21FO4S2. The second kappa shape index (κ2) is 9.13. The van der Waals surface area contributed by atoms with E-state index in [-0.39, 0.29) is 5.97 Å². The predicted molar refractivity (Wildman–Crippen MR) is 110 cm³/mol. The Balaban J connectivity index is 2.11. The van der Waals surface area contributed by atoms with E-state index in [2.05, 4.69) is 4.89 Å². The molecule has 0 aromatic heterocycles. The van der Waals surface area contributed by atoms with Crippen molar-refractivity contribution >= 4 is 40.9 Å². The van der Waals surface area contributed by atoms with Crippen molar-refractivity contribution in [3.63, 3.8) is 0 Å². The number of halogens is 1. The molecule has 0 saturated carbocycles. The van der Waals surface area contributed by atoms with Crippen molar-refractivity contribution in [3.8, 4) is 0 Å². The maximum atomic E-state index is 14.5. The van der Waals surface area contributed by atoms with Crippen LogP contribution >= 0.6 is 23.8 Å². The largest absolute Gasteiger partial charge is 0.454 e. The van der Waals surface area contributed by atoms with Gasteiger partial charge in [0.1, 0.15) is 11.9 Å². The molecule has 0 spiro atoms. The van der Waals surface area contributed by atoms with E-state index in [1.54, 1.807) is 23.9 Å².